The number of esters is 3. The summed E-state index contributed by atoms with van der Waals surface area (Å²) in [6.45, 7) is 16.5. The molecule has 8 aliphatic heterocycles. The molecule has 4 saturated carbocycles. The monoisotopic (exact) mass is 1730 g/mol. The summed E-state index contributed by atoms with van der Waals surface area (Å²) in [6, 6.07) is 0. The normalized spacial score (nSPS) is 52.8. The molecule has 5 aliphatic carbocycles. The lowest BCUT2D eigenvalue weighted by Gasteiger charge is -2.71. The molecule has 8 heterocycles. The number of carbonyl (C=O) groups is 5. The number of carbonyl (C=O) groups excluding carboxylic acids is 4. The molecule has 13 aliphatic rings. The van der Waals surface area contributed by atoms with Gasteiger partial charge in [-0.25, -0.2) is 4.79 Å². The Balaban J connectivity index is 0.768. The van der Waals surface area contributed by atoms with E-state index in [0.29, 0.717) is 51.4 Å². The van der Waals surface area contributed by atoms with E-state index >= 15 is 4.79 Å². The first kappa shape index (κ1) is 93.6. The van der Waals surface area contributed by atoms with Crippen molar-refractivity contribution >= 4 is 30.2 Å². The van der Waals surface area contributed by atoms with Gasteiger partial charge in [0.25, 0.3) is 0 Å². The van der Waals surface area contributed by atoms with Crippen LogP contribution in [-0.4, -0.2) is 382 Å². The quantitative estimate of drug-likeness (QED) is 0.0168. The summed E-state index contributed by atoms with van der Waals surface area (Å²) in [5.41, 5.74) is -3.97. The van der Waals surface area contributed by atoms with E-state index in [-0.39, 0.29) is 24.2 Å². The highest BCUT2D eigenvalue weighted by molar-refractivity contribution is 5.79. The van der Waals surface area contributed by atoms with Crippen LogP contribution in [0.15, 0.2) is 11.6 Å². The maximum atomic E-state index is 16.2. The SMILES string of the molecule is CC(=O)O[C@@H]1[C@@H](O)[C@H](O[C@@H]2[C@H](O)[C@@H](O[C@@H]3O[C@@H](C)[C@H](O[C@@H]4OC[C@@H](O)[C@H](O[C@@H]5OC[C@@H](O)[C@H](O)[C@H]5O)[C@H]4O)[C@@H](O)[C@H]3O)[C@H](OC(=O)[C@]34CCC(C)(C)C[C@H]3C3=CC[C@@H]5[C@@]6(C)CC[C@H](O[C@@H]7O[C@H](C(=O)O)[C@@H](O)[C@H](O[C@@H]8OC[C@@H](O)[C@H](O)[C@H]8O)[C@H]7O[C@@H]7O[C@H](CO)[C@H](O)[C@H](O)[C@H]7O)[C@@](C)(C=O)[C@@H]6CC[C@@]5(C)[C@]3(C)CC4)O[C@@H]2C)O[C@H](C)[C@H]1OC(C)=O. The minimum absolute atomic E-state index is 0.108. The summed E-state index contributed by atoms with van der Waals surface area (Å²) in [5.74, 6) is -5.30. The molecule has 0 radical (unpaired) electrons. The number of hydrogen-bond donors (Lipinski definition) is 18. The van der Waals surface area contributed by atoms with Crippen molar-refractivity contribution in [3.05, 3.63) is 11.6 Å². The summed E-state index contributed by atoms with van der Waals surface area (Å²) in [4.78, 5) is 68.5. The van der Waals surface area contributed by atoms with Gasteiger partial charge in [-0.2, -0.15) is 0 Å². The molecule has 41 heteroatoms. The third-order valence-corrected chi connectivity index (χ3v) is 29.1. The predicted octanol–water partition coefficient (Wildman–Crippen LogP) is -5.33. The molecule has 46 atom stereocenters. The molecule has 684 valence electrons. The highest BCUT2D eigenvalue weighted by Gasteiger charge is 2.72. The summed E-state index contributed by atoms with van der Waals surface area (Å²) < 4.78 is 108. The number of rotatable bonds is 21. The zero-order chi connectivity index (χ0) is 87.6. The van der Waals surface area contributed by atoms with Crippen LogP contribution >= 0.6 is 0 Å². The number of carboxylic acids is 1. The van der Waals surface area contributed by atoms with E-state index in [9.17, 15) is 111 Å². The topological polar surface area (TPSA) is 616 Å². The lowest BCUT2D eigenvalue weighted by Crippen LogP contribution is -2.69. The second kappa shape index (κ2) is 35.9. The highest BCUT2D eigenvalue weighted by atomic mass is 16.8. The van der Waals surface area contributed by atoms with Crippen molar-refractivity contribution in [2.75, 3.05) is 26.4 Å². The van der Waals surface area contributed by atoms with E-state index in [1.165, 1.54) is 20.8 Å². The van der Waals surface area contributed by atoms with Crippen molar-refractivity contribution < 1.29 is 201 Å². The number of fused-ring (bicyclic) bond motifs is 7. The Morgan fingerprint density at radius 1 is 0.442 bits per heavy atom. The molecule has 41 nitrogen and oxygen atoms in total. The van der Waals surface area contributed by atoms with Gasteiger partial charge in [-0.15, -0.1) is 0 Å². The maximum Gasteiger partial charge on any atom is 0.335 e. The number of carboxylic acid groups (broad SMARTS) is 1. The number of ether oxygens (including phenoxy) is 18. The van der Waals surface area contributed by atoms with Crippen molar-refractivity contribution in [1.29, 1.82) is 0 Å². The number of hydrogen-bond acceptors (Lipinski definition) is 40. The van der Waals surface area contributed by atoms with E-state index in [0.717, 1.165) is 25.7 Å². The molecule has 0 unspecified atom stereocenters. The largest absolute Gasteiger partial charge is 0.479 e. The fourth-order valence-corrected chi connectivity index (χ4v) is 22.0. The van der Waals surface area contributed by atoms with Gasteiger partial charge in [0.15, 0.2) is 68.4 Å². The van der Waals surface area contributed by atoms with Crippen molar-refractivity contribution in [3.8, 4) is 0 Å². The van der Waals surface area contributed by atoms with Gasteiger partial charge in [-0.05, 0) is 124 Å². The summed E-state index contributed by atoms with van der Waals surface area (Å²) >= 11 is 0. The van der Waals surface area contributed by atoms with Crippen LogP contribution in [0.4, 0.5) is 0 Å². The van der Waals surface area contributed by atoms with Crippen molar-refractivity contribution in [3.63, 3.8) is 0 Å². The Morgan fingerprint density at radius 3 is 1.53 bits per heavy atom. The second-order valence-corrected chi connectivity index (χ2v) is 37.0. The predicted molar refractivity (Wildman–Crippen MR) is 391 cm³/mol. The van der Waals surface area contributed by atoms with Crippen LogP contribution < -0.4 is 0 Å². The summed E-state index contributed by atoms with van der Waals surface area (Å²) in [6.07, 6.45) is -60.5. The van der Waals surface area contributed by atoms with Crippen molar-refractivity contribution in [1.82, 2.24) is 0 Å². The zero-order valence-corrected chi connectivity index (χ0v) is 68.7. The molecule has 120 heavy (non-hydrogen) atoms. The Kier molecular flexibility index (Phi) is 28.0. The lowest BCUT2D eigenvalue weighted by molar-refractivity contribution is -0.391. The molecule has 18 N–H and O–H groups in total. The molecule has 13 rings (SSSR count). The lowest BCUT2D eigenvalue weighted by atomic mass is 9.33. The number of aliphatic hydroxyl groups excluding tert-OH is 17. The molecular weight excluding hydrogens is 1600 g/mol. The molecule has 0 aromatic carbocycles. The average molecular weight is 1730 g/mol. The van der Waals surface area contributed by atoms with E-state index in [1.54, 1.807) is 6.92 Å². The molecule has 0 aromatic heterocycles. The molecule has 8 saturated heterocycles. The van der Waals surface area contributed by atoms with E-state index in [2.05, 4.69) is 40.7 Å². The zero-order valence-electron chi connectivity index (χ0n) is 68.7. The number of allylic oxidation sites excluding steroid dienone is 2. The summed E-state index contributed by atoms with van der Waals surface area (Å²) in [7, 11) is 0. The molecule has 0 amide bonds. The fraction of sp³-hybridized carbons (Fsp3) is 0.911. The van der Waals surface area contributed by atoms with Gasteiger partial charge < -0.3 is 182 Å². The van der Waals surface area contributed by atoms with Crippen molar-refractivity contribution in [2.45, 2.75) is 374 Å². The summed E-state index contributed by atoms with van der Waals surface area (Å²) in [5, 5.41) is 200. The molecule has 12 fully saturated rings. The van der Waals surface area contributed by atoms with Crippen LogP contribution in [0.5, 0.6) is 0 Å². The van der Waals surface area contributed by atoms with Gasteiger partial charge in [-0.3, -0.25) is 14.4 Å². The second-order valence-electron chi connectivity index (χ2n) is 37.0. The van der Waals surface area contributed by atoms with Gasteiger partial charge in [0, 0.05) is 13.8 Å². The van der Waals surface area contributed by atoms with E-state index in [1.807, 2.05) is 0 Å². The van der Waals surface area contributed by atoms with Gasteiger partial charge in [0.1, 0.15) is 141 Å². The highest BCUT2D eigenvalue weighted by Crippen LogP contribution is 2.76. The molecule has 0 spiro atoms. The number of aldehydes is 1. The van der Waals surface area contributed by atoms with E-state index < -0.39 is 323 Å². The van der Waals surface area contributed by atoms with Gasteiger partial charge in [-0.1, -0.05) is 53.2 Å². The smallest absolute Gasteiger partial charge is 0.335 e. The minimum Gasteiger partial charge on any atom is -0.479 e. The van der Waals surface area contributed by atoms with Crippen LogP contribution in [0.25, 0.3) is 0 Å². The Hall–Kier alpha value is -3.99. The van der Waals surface area contributed by atoms with Gasteiger partial charge >= 0.3 is 23.9 Å². The van der Waals surface area contributed by atoms with Gasteiger partial charge in [0.2, 0.25) is 6.29 Å². The Bertz CT molecular complexity index is 3620. The number of aliphatic carboxylic acids is 1. The molecule has 0 bridgehead atoms. The van der Waals surface area contributed by atoms with Crippen LogP contribution in [-0.2, 0) is 109 Å². The van der Waals surface area contributed by atoms with E-state index in [4.69, 9.17) is 85.3 Å². The van der Waals surface area contributed by atoms with Crippen LogP contribution in [0.1, 0.15) is 140 Å². The third kappa shape index (κ3) is 17.0. The standard InChI is InChI=1S/C79H122O41/c1-28-55(113-67-53(98)58(37(86)26-105-67)115-65-47(92)42(87)35(84)24-103-65)46(91)50(95)68(106-28)118-62-51(96)56(114-70-54(99)60(110-32(5)83)57(30(3)107-70)109-31(4)82)29(2)108-71(62)120-73(102)79-20-18-74(6,7)22-34(79)33-12-13-40-75(8)16-15-41(76(9,27-81)39(75)14-17-78(40,11)77(33,10)19-21-79)112-72-63(119-69-49(94)45(90)44(89)38(23-80)111-69)59(52(97)61(117-72)64(100)101)116-66-48(93)43(88)36(85)25-104-66/h12,27-30,34-63,65-72,80,84-99H,13-26H2,1-11H3,(H,100,101)/t28-,29+,30+,34-,35+,36+,37+,38+,39+,40+,41-,42-,43-,44-,45-,46-,47+,48+,49+,50+,51-,52-,53+,54+,55-,56-,57+,58-,59-,60+,61-,62+,63+,65-,66-,67-,68-,69-,70-,71-,72+,75-,76-,77+,78+,79-/m0/s1. The van der Waals surface area contributed by atoms with Gasteiger partial charge in [0.05, 0.1) is 61.7 Å². The fourth-order valence-electron chi connectivity index (χ4n) is 22.0. The van der Waals surface area contributed by atoms with Crippen molar-refractivity contribution in [2.24, 2.45) is 50.2 Å². The number of aliphatic hydroxyl groups is 17. The maximum absolute atomic E-state index is 16.2. The average Bonchev–Trinajstić information content (AvgIpc) is 0.672. The Morgan fingerprint density at radius 2 is 0.933 bits per heavy atom. The molecular formula is C79H122O41. The minimum atomic E-state index is -2.23. The third-order valence-electron chi connectivity index (χ3n) is 29.1. The first-order valence-electron chi connectivity index (χ1n) is 41.5. The Labute approximate surface area is 691 Å². The first-order valence-corrected chi connectivity index (χ1v) is 41.5. The molecule has 0 aromatic rings. The van der Waals surface area contributed by atoms with Crippen LogP contribution in [0, 0.1) is 50.2 Å². The van der Waals surface area contributed by atoms with Crippen LogP contribution in [0.3, 0.4) is 0 Å². The first-order chi connectivity index (χ1) is 56.3. The van der Waals surface area contributed by atoms with Crippen LogP contribution in [0.2, 0.25) is 0 Å².